The van der Waals surface area contributed by atoms with Crippen LogP contribution >= 0.6 is 34.5 Å². The number of ether oxygens (including phenoxy) is 2. The summed E-state index contributed by atoms with van der Waals surface area (Å²) in [7, 11) is 2.84. The Labute approximate surface area is 255 Å². The predicted octanol–water partition coefficient (Wildman–Crippen LogP) is 5.73. The smallest absolute Gasteiger partial charge is 0.338 e. The fourth-order valence-corrected chi connectivity index (χ4v) is 6.83. The van der Waals surface area contributed by atoms with Crippen LogP contribution in [0, 0.1) is 0 Å². The van der Waals surface area contributed by atoms with Crippen molar-refractivity contribution in [3.8, 4) is 5.75 Å². The first-order valence-electron chi connectivity index (χ1n) is 13.1. The number of thiazole rings is 1. The van der Waals surface area contributed by atoms with E-state index in [1.807, 2.05) is 54.7 Å². The highest BCUT2D eigenvalue weighted by Gasteiger charge is 2.35. The second-order valence-electron chi connectivity index (χ2n) is 9.82. The van der Waals surface area contributed by atoms with E-state index >= 15 is 0 Å². The van der Waals surface area contributed by atoms with Gasteiger partial charge in [0.25, 0.3) is 5.56 Å². The molecule has 0 bridgehead atoms. The summed E-state index contributed by atoms with van der Waals surface area (Å²) in [5, 5.41) is 2.13. The van der Waals surface area contributed by atoms with E-state index < -0.39 is 12.0 Å². The maximum atomic E-state index is 14.1. The number of aromatic nitrogens is 2. The lowest BCUT2D eigenvalue weighted by atomic mass is 9.95. The number of carbonyl (C=O) groups excluding carboxylic acids is 1. The van der Waals surface area contributed by atoms with Crippen LogP contribution in [0.25, 0.3) is 17.0 Å². The molecule has 0 saturated carbocycles. The first-order valence-corrected chi connectivity index (χ1v) is 14.6. The number of nitrogens with zero attached hydrogens (tertiary/aromatic N) is 3. The van der Waals surface area contributed by atoms with E-state index in [0.717, 1.165) is 22.0 Å². The van der Waals surface area contributed by atoms with Crippen LogP contribution in [0.2, 0.25) is 10.0 Å². The zero-order valence-corrected chi connectivity index (χ0v) is 25.3. The molecule has 0 aliphatic carbocycles. The van der Waals surface area contributed by atoms with Crippen LogP contribution < -0.4 is 19.6 Å². The Kier molecular flexibility index (Phi) is 7.53. The number of rotatable bonds is 6. The second kappa shape index (κ2) is 11.3. The summed E-state index contributed by atoms with van der Waals surface area (Å²) < 4.78 is 14.9. The van der Waals surface area contributed by atoms with E-state index in [2.05, 4.69) is 15.6 Å². The highest BCUT2D eigenvalue weighted by molar-refractivity contribution is 7.07. The Hall–Kier alpha value is -4.11. The molecule has 7 nitrogen and oxygen atoms in total. The van der Waals surface area contributed by atoms with Gasteiger partial charge >= 0.3 is 5.97 Å². The average molecular weight is 619 g/mol. The van der Waals surface area contributed by atoms with Crippen molar-refractivity contribution in [2.75, 3.05) is 14.2 Å². The van der Waals surface area contributed by atoms with Crippen LogP contribution in [0.4, 0.5) is 0 Å². The Morgan fingerprint density at radius 2 is 1.83 bits per heavy atom. The fraction of sp³-hybridized carbons (Fsp3) is 0.156. The highest BCUT2D eigenvalue weighted by atomic mass is 35.5. The molecule has 1 aliphatic heterocycles. The highest BCUT2D eigenvalue weighted by Crippen LogP contribution is 2.37. The Morgan fingerprint density at radius 3 is 2.60 bits per heavy atom. The molecular formula is C32H25Cl2N3O4S. The van der Waals surface area contributed by atoms with Crippen molar-refractivity contribution in [2.45, 2.75) is 19.5 Å². The molecule has 5 aromatic rings. The van der Waals surface area contributed by atoms with Crippen LogP contribution in [-0.2, 0) is 16.1 Å². The number of methoxy groups -OCH3 is 2. The first-order chi connectivity index (χ1) is 20.3. The molecule has 0 N–H and O–H groups in total. The fourth-order valence-electron chi connectivity index (χ4n) is 5.40. The number of halogens is 2. The van der Waals surface area contributed by atoms with Gasteiger partial charge in [0.15, 0.2) is 4.80 Å². The number of hydrogen-bond acceptors (Lipinski definition) is 6. The van der Waals surface area contributed by atoms with Gasteiger partial charge in [-0.1, -0.05) is 64.9 Å². The molecule has 0 amide bonds. The van der Waals surface area contributed by atoms with Crippen molar-refractivity contribution in [2.24, 2.45) is 4.99 Å². The van der Waals surface area contributed by atoms with E-state index in [-0.39, 0.29) is 11.1 Å². The lowest BCUT2D eigenvalue weighted by molar-refractivity contribution is -0.136. The number of para-hydroxylation sites is 1. The van der Waals surface area contributed by atoms with Crippen molar-refractivity contribution in [3.05, 3.63) is 131 Å². The molecule has 3 aromatic carbocycles. The average Bonchev–Trinajstić information content (AvgIpc) is 3.48. The van der Waals surface area contributed by atoms with E-state index in [9.17, 15) is 9.59 Å². The molecule has 0 spiro atoms. The number of carbonyl (C=O) groups is 1. The molecular weight excluding hydrogens is 593 g/mol. The van der Waals surface area contributed by atoms with Gasteiger partial charge in [0, 0.05) is 44.8 Å². The zero-order chi connectivity index (χ0) is 29.5. The van der Waals surface area contributed by atoms with E-state index in [1.165, 1.54) is 30.1 Å². The lowest BCUT2D eigenvalue weighted by Crippen LogP contribution is -2.40. The lowest BCUT2D eigenvalue weighted by Gasteiger charge is -2.25. The minimum Gasteiger partial charge on any atom is -0.496 e. The van der Waals surface area contributed by atoms with Crippen molar-refractivity contribution >= 4 is 57.5 Å². The van der Waals surface area contributed by atoms with Crippen molar-refractivity contribution in [3.63, 3.8) is 0 Å². The van der Waals surface area contributed by atoms with Gasteiger partial charge in [0.1, 0.15) is 11.8 Å². The van der Waals surface area contributed by atoms with E-state index in [1.54, 1.807) is 25.1 Å². The normalized spacial score (nSPS) is 15.1. The molecule has 212 valence electrons. The van der Waals surface area contributed by atoms with Crippen LogP contribution in [-0.4, -0.2) is 29.3 Å². The summed E-state index contributed by atoms with van der Waals surface area (Å²) in [6, 6.07) is 20.1. The van der Waals surface area contributed by atoms with Gasteiger partial charge in [-0.25, -0.2) is 9.79 Å². The number of benzene rings is 3. The molecule has 3 heterocycles. The maximum Gasteiger partial charge on any atom is 0.338 e. The summed E-state index contributed by atoms with van der Waals surface area (Å²) in [4.78, 5) is 32.3. The summed E-state index contributed by atoms with van der Waals surface area (Å²) in [6.07, 6.45) is 3.91. The minimum absolute atomic E-state index is 0.246. The van der Waals surface area contributed by atoms with Gasteiger partial charge < -0.3 is 14.0 Å². The van der Waals surface area contributed by atoms with E-state index in [0.29, 0.717) is 42.9 Å². The predicted molar refractivity (Wildman–Crippen MR) is 166 cm³/mol. The van der Waals surface area contributed by atoms with Gasteiger partial charge in [-0.15, -0.1) is 0 Å². The Morgan fingerprint density at radius 1 is 1.05 bits per heavy atom. The molecule has 0 fully saturated rings. The number of allylic oxidation sites excluding steroid dienone is 1. The topological polar surface area (TPSA) is 74.8 Å². The monoisotopic (exact) mass is 617 g/mol. The molecule has 0 saturated heterocycles. The SMILES string of the molecule is COC(=O)C1=C(C)N=c2s/c(=C\c3cn(Cc4cccc(Cl)c4)c4ccccc34)c(=O)n2[C@H]1c1cc(Cl)ccc1OC. The molecule has 0 unspecified atom stereocenters. The van der Waals surface area contributed by atoms with Gasteiger partial charge in [0.2, 0.25) is 0 Å². The molecule has 6 rings (SSSR count). The summed E-state index contributed by atoms with van der Waals surface area (Å²) in [5.41, 5.74) is 3.96. The third-order valence-corrected chi connectivity index (χ3v) is 8.71. The molecule has 1 atom stereocenters. The van der Waals surface area contributed by atoms with Crippen LogP contribution in [0.1, 0.15) is 29.7 Å². The van der Waals surface area contributed by atoms with Crippen molar-refractivity contribution < 1.29 is 14.3 Å². The number of esters is 1. The number of fused-ring (bicyclic) bond motifs is 2. The van der Waals surface area contributed by atoms with Gasteiger partial charge in [-0.3, -0.25) is 9.36 Å². The number of hydrogen-bond donors (Lipinski definition) is 0. The van der Waals surface area contributed by atoms with Gasteiger partial charge in [-0.2, -0.15) is 0 Å². The molecule has 2 aromatic heterocycles. The molecule has 0 radical (unpaired) electrons. The second-order valence-corrected chi connectivity index (χ2v) is 11.7. The van der Waals surface area contributed by atoms with Crippen molar-refractivity contribution in [1.82, 2.24) is 9.13 Å². The van der Waals surface area contributed by atoms with Crippen molar-refractivity contribution in [1.29, 1.82) is 0 Å². The Bertz CT molecular complexity index is 2090. The minimum atomic E-state index is -0.839. The molecule has 1 aliphatic rings. The van der Waals surface area contributed by atoms with E-state index in [4.69, 9.17) is 32.7 Å². The summed E-state index contributed by atoms with van der Waals surface area (Å²) >= 11 is 13.9. The van der Waals surface area contributed by atoms with Crippen LogP contribution in [0.15, 0.2) is 94.0 Å². The first kappa shape index (κ1) is 28.0. The molecule has 10 heteroatoms. The standard InChI is InChI=1S/C32H25Cl2N3O4S/c1-18-28(31(39)41-3)29(24-15-22(34)11-12-26(24)40-2)37-30(38)27(42-32(37)35-18)14-20-17-36(25-10-5-4-9-23(20)25)16-19-7-6-8-21(33)13-19/h4-15,17,29H,16H2,1-3H3/b27-14-/t29-/m0/s1. The third-order valence-electron chi connectivity index (χ3n) is 7.26. The quantitative estimate of drug-likeness (QED) is 0.228. The molecule has 42 heavy (non-hydrogen) atoms. The summed E-state index contributed by atoms with van der Waals surface area (Å²) in [6.45, 7) is 2.35. The van der Waals surface area contributed by atoms with Gasteiger partial charge in [-0.05, 0) is 55.0 Å². The Balaban J connectivity index is 1.55. The zero-order valence-electron chi connectivity index (χ0n) is 22.9. The van der Waals surface area contributed by atoms with Crippen LogP contribution in [0.3, 0.4) is 0 Å². The summed E-state index contributed by atoms with van der Waals surface area (Å²) in [5.74, 6) is -0.0965. The third kappa shape index (κ3) is 4.96. The largest absolute Gasteiger partial charge is 0.496 e. The maximum absolute atomic E-state index is 14.1. The van der Waals surface area contributed by atoms with Crippen LogP contribution in [0.5, 0.6) is 5.75 Å². The van der Waals surface area contributed by atoms with Gasteiger partial charge in [0.05, 0.1) is 30.0 Å².